The van der Waals surface area contributed by atoms with E-state index < -0.39 is 0 Å². The summed E-state index contributed by atoms with van der Waals surface area (Å²) < 4.78 is 4.93. The van der Waals surface area contributed by atoms with Crippen LogP contribution in [0.5, 0.6) is 0 Å². The van der Waals surface area contributed by atoms with Crippen molar-refractivity contribution in [3.63, 3.8) is 0 Å². The van der Waals surface area contributed by atoms with Crippen molar-refractivity contribution in [3.8, 4) is 10.4 Å². The number of nitrogen functional groups attached to an aromatic ring is 1. The second-order valence-electron chi connectivity index (χ2n) is 3.36. The van der Waals surface area contributed by atoms with E-state index in [1.54, 1.807) is 25.4 Å². The van der Waals surface area contributed by atoms with Gasteiger partial charge in [-0.15, -0.1) is 11.3 Å². The maximum Gasteiger partial charge on any atom is 0.350 e. The number of nitrogens with zero attached hydrogens (tertiary/aromatic N) is 1. The van der Waals surface area contributed by atoms with Gasteiger partial charge in [-0.2, -0.15) is 0 Å². The SMILES string of the molecule is CCOC(=O)c1sc(-c2cccnc2)cc1N. The van der Waals surface area contributed by atoms with E-state index in [-0.39, 0.29) is 5.97 Å². The molecule has 0 saturated carbocycles. The molecule has 0 aromatic carbocycles. The van der Waals surface area contributed by atoms with Crippen LogP contribution in [0, 0.1) is 0 Å². The number of hydrogen-bond acceptors (Lipinski definition) is 5. The summed E-state index contributed by atoms with van der Waals surface area (Å²) in [6, 6.07) is 5.54. The van der Waals surface area contributed by atoms with Crippen LogP contribution < -0.4 is 5.73 Å². The number of thiophene rings is 1. The van der Waals surface area contributed by atoms with Crippen LogP contribution in [0.3, 0.4) is 0 Å². The molecular formula is C12H12N2O2S. The molecule has 0 aliphatic heterocycles. The highest BCUT2D eigenvalue weighted by Crippen LogP contribution is 2.33. The lowest BCUT2D eigenvalue weighted by Crippen LogP contribution is -2.04. The van der Waals surface area contributed by atoms with Crippen LogP contribution in [0.2, 0.25) is 0 Å². The van der Waals surface area contributed by atoms with Crippen LogP contribution in [-0.2, 0) is 4.74 Å². The first kappa shape index (κ1) is 11.6. The zero-order chi connectivity index (χ0) is 12.3. The summed E-state index contributed by atoms with van der Waals surface area (Å²) in [5.41, 5.74) is 7.19. The number of carbonyl (C=O) groups excluding carboxylic acids is 1. The molecular weight excluding hydrogens is 236 g/mol. The highest BCUT2D eigenvalue weighted by Gasteiger charge is 2.16. The maximum atomic E-state index is 11.6. The minimum Gasteiger partial charge on any atom is -0.462 e. The number of hydrogen-bond donors (Lipinski definition) is 1. The molecule has 0 atom stereocenters. The molecule has 2 heterocycles. The number of nitrogens with two attached hydrogens (primary N) is 1. The summed E-state index contributed by atoms with van der Waals surface area (Å²) >= 11 is 1.32. The van der Waals surface area contributed by atoms with Gasteiger partial charge in [0.15, 0.2) is 0 Å². The Morgan fingerprint density at radius 2 is 2.41 bits per heavy atom. The molecule has 5 heteroatoms. The number of pyridine rings is 1. The highest BCUT2D eigenvalue weighted by atomic mass is 32.1. The second kappa shape index (κ2) is 4.97. The Kier molecular flexibility index (Phi) is 3.39. The van der Waals surface area contributed by atoms with Crippen molar-refractivity contribution < 1.29 is 9.53 Å². The molecule has 88 valence electrons. The molecule has 2 aromatic rings. The summed E-state index contributed by atoms with van der Waals surface area (Å²) in [4.78, 5) is 17.0. The van der Waals surface area contributed by atoms with Crippen molar-refractivity contribution in [2.45, 2.75) is 6.92 Å². The van der Waals surface area contributed by atoms with Crippen molar-refractivity contribution >= 4 is 23.0 Å². The van der Waals surface area contributed by atoms with Gasteiger partial charge >= 0.3 is 5.97 Å². The quantitative estimate of drug-likeness (QED) is 0.848. The van der Waals surface area contributed by atoms with E-state index in [0.717, 1.165) is 10.4 Å². The Labute approximate surface area is 103 Å². The minimum absolute atomic E-state index is 0.346. The third kappa shape index (κ3) is 2.45. The Balaban J connectivity index is 2.34. The number of anilines is 1. The average molecular weight is 248 g/mol. The molecule has 2 rings (SSSR count). The van der Waals surface area contributed by atoms with E-state index in [9.17, 15) is 4.79 Å². The second-order valence-corrected chi connectivity index (χ2v) is 4.41. The molecule has 0 fully saturated rings. The van der Waals surface area contributed by atoms with Crippen molar-refractivity contribution in [1.82, 2.24) is 4.98 Å². The number of rotatable bonds is 3. The van der Waals surface area contributed by atoms with Crippen molar-refractivity contribution in [2.24, 2.45) is 0 Å². The Bertz CT molecular complexity index is 523. The summed E-state index contributed by atoms with van der Waals surface area (Å²) in [5.74, 6) is -0.370. The number of aromatic nitrogens is 1. The molecule has 0 unspecified atom stereocenters. The Hall–Kier alpha value is -1.88. The van der Waals surface area contributed by atoms with Gasteiger partial charge in [0.2, 0.25) is 0 Å². The molecule has 4 nitrogen and oxygen atoms in total. The molecule has 0 aliphatic carbocycles. The highest BCUT2D eigenvalue weighted by molar-refractivity contribution is 7.18. The van der Waals surface area contributed by atoms with Gasteiger partial charge < -0.3 is 10.5 Å². The van der Waals surface area contributed by atoms with Crippen LogP contribution >= 0.6 is 11.3 Å². The Morgan fingerprint density at radius 1 is 1.59 bits per heavy atom. The molecule has 0 spiro atoms. The summed E-state index contributed by atoms with van der Waals surface area (Å²) in [6.45, 7) is 2.11. The number of carbonyl (C=O) groups is 1. The van der Waals surface area contributed by atoms with Crippen molar-refractivity contribution in [2.75, 3.05) is 12.3 Å². The molecule has 0 saturated heterocycles. The number of esters is 1. The van der Waals surface area contributed by atoms with E-state index in [0.29, 0.717) is 17.2 Å². The van der Waals surface area contributed by atoms with Gasteiger partial charge in [-0.1, -0.05) is 6.07 Å². The zero-order valence-corrected chi connectivity index (χ0v) is 10.2. The largest absolute Gasteiger partial charge is 0.462 e. The number of ether oxygens (including phenoxy) is 1. The molecule has 0 amide bonds. The predicted octanol–water partition coefficient (Wildman–Crippen LogP) is 2.57. The van der Waals surface area contributed by atoms with E-state index in [1.807, 2.05) is 12.1 Å². The summed E-state index contributed by atoms with van der Waals surface area (Å²) in [5, 5.41) is 0. The van der Waals surface area contributed by atoms with Gasteiger partial charge in [0.25, 0.3) is 0 Å². The van der Waals surface area contributed by atoms with Gasteiger partial charge in [-0.05, 0) is 19.1 Å². The van der Waals surface area contributed by atoms with Crippen LogP contribution in [0.25, 0.3) is 10.4 Å². The third-order valence-electron chi connectivity index (χ3n) is 2.17. The lowest BCUT2D eigenvalue weighted by Gasteiger charge is -1.98. The van der Waals surface area contributed by atoms with E-state index >= 15 is 0 Å². The smallest absolute Gasteiger partial charge is 0.350 e. The van der Waals surface area contributed by atoms with E-state index in [2.05, 4.69) is 4.98 Å². The monoisotopic (exact) mass is 248 g/mol. The molecule has 0 aliphatic rings. The lowest BCUT2D eigenvalue weighted by atomic mass is 10.2. The van der Waals surface area contributed by atoms with E-state index in [1.165, 1.54) is 11.3 Å². The topological polar surface area (TPSA) is 65.2 Å². The first-order chi connectivity index (χ1) is 8.22. The predicted molar refractivity (Wildman–Crippen MR) is 67.9 cm³/mol. The zero-order valence-electron chi connectivity index (χ0n) is 9.34. The first-order valence-corrected chi connectivity index (χ1v) is 6.01. The molecule has 0 radical (unpaired) electrons. The summed E-state index contributed by atoms with van der Waals surface area (Å²) in [7, 11) is 0. The third-order valence-corrected chi connectivity index (χ3v) is 3.35. The van der Waals surface area contributed by atoms with Crippen LogP contribution in [-0.4, -0.2) is 17.6 Å². The van der Waals surface area contributed by atoms with Gasteiger partial charge in [0.1, 0.15) is 4.88 Å². The van der Waals surface area contributed by atoms with Gasteiger partial charge in [0, 0.05) is 22.8 Å². The molecule has 17 heavy (non-hydrogen) atoms. The fourth-order valence-corrected chi connectivity index (χ4v) is 2.38. The lowest BCUT2D eigenvalue weighted by molar-refractivity contribution is 0.0533. The Morgan fingerprint density at radius 3 is 3.06 bits per heavy atom. The first-order valence-electron chi connectivity index (χ1n) is 5.19. The van der Waals surface area contributed by atoms with Gasteiger partial charge in [-0.25, -0.2) is 4.79 Å². The fraction of sp³-hybridized carbons (Fsp3) is 0.167. The molecule has 2 aromatic heterocycles. The van der Waals surface area contributed by atoms with Crippen LogP contribution in [0.1, 0.15) is 16.6 Å². The van der Waals surface area contributed by atoms with Gasteiger partial charge in [0.05, 0.1) is 12.3 Å². The summed E-state index contributed by atoms with van der Waals surface area (Å²) in [6.07, 6.45) is 3.44. The molecule has 0 bridgehead atoms. The van der Waals surface area contributed by atoms with E-state index in [4.69, 9.17) is 10.5 Å². The van der Waals surface area contributed by atoms with Crippen molar-refractivity contribution in [3.05, 3.63) is 35.5 Å². The van der Waals surface area contributed by atoms with Crippen molar-refractivity contribution in [1.29, 1.82) is 0 Å². The maximum absolute atomic E-state index is 11.6. The average Bonchev–Trinajstić information content (AvgIpc) is 2.73. The minimum atomic E-state index is -0.370. The van der Waals surface area contributed by atoms with Crippen LogP contribution in [0.15, 0.2) is 30.6 Å². The standard InChI is InChI=1S/C12H12N2O2S/c1-2-16-12(15)11-9(13)6-10(17-11)8-4-3-5-14-7-8/h3-7H,2,13H2,1H3. The molecule has 2 N–H and O–H groups in total. The fourth-order valence-electron chi connectivity index (χ4n) is 1.41. The van der Waals surface area contributed by atoms with Crippen LogP contribution in [0.4, 0.5) is 5.69 Å². The van der Waals surface area contributed by atoms with Gasteiger partial charge in [-0.3, -0.25) is 4.98 Å². The normalized spacial score (nSPS) is 10.2.